The van der Waals surface area contributed by atoms with Crippen LogP contribution >= 0.6 is 0 Å². The highest BCUT2D eigenvalue weighted by Gasteiger charge is 2.32. The van der Waals surface area contributed by atoms with Crippen molar-refractivity contribution < 1.29 is 63.9 Å². The standard InChI is InChI=1S/C33H44N6O13/c34-25(11-10-22-4-2-1-3-5-22)32(50)36-52-21-24-8-6-23(7-9-24)14-35-33(51)26(39(19-30(46)47)20-31(48)49)15-37(16-27(40)41)12-13-38(17-28(42)43)18-29(44)45/h1-9,25-26H,10-21,34H2,(H,35,51)(H,36,50)(H,40,41)(H,42,43)(H,44,45)(H,46,47)(H,48,49)/t25-,26-/m1/s1. The van der Waals surface area contributed by atoms with Crippen molar-refractivity contribution in [2.24, 2.45) is 5.73 Å². The maximum atomic E-state index is 13.5. The number of benzene rings is 2. The van der Waals surface area contributed by atoms with E-state index in [1.54, 1.807) is 24.3 Å². The van der Waals surface area contributed by atoms with Crippen molar-refractivity contribution in [2.45, 2.75) is 38.1 Å². The van der Waals surface area contributed by atoms with E-state index in [1.807, 2.05) is 30.3 Å². The van der Waals surface area contributed by atoms with Gasteiger partial charge < -0.3 is 36.6 Å². The summed E-state index contributed by atoms with van der Waals surface area (Å²) in [6.07, 6.45) is 1.04. The summed E-state index contributed by atoms with van der Waals surface area (Å²) in [5.74, 6) is -8.25. The molecule has 0 saturated heterocycles. The summed E-state index contributed by atoms with van der Waals surface area (Å²) >= 11 is 0. The monoisotopic (exact) mass is 732 g/mol. The van der Waals surface area contributed by atoms with Crippen LogP contribution in [-0.4, -0.2) is 146 Å². The number of aliphatic carboxylic acids is 5. The molecule has 0 unspecified atom stereocenters. The molecule has 2 amide bonds. The Hall–Kier alpha value is -5.47. The van der Waals surface area contributed by atoms with Crippen molar-refractivity contribution in [1.82, 2.24) is 25.5 Å². The molecule has 2 aromatic rings. The fraction of sp³-hybridized carbons (Fsp3) is 0.424. The van der Waals surface area contributed by atoms with Crippen molar-refractivity contribution in [2.75, 3.05) is 52.4 Å². The fourth-order valence-electron chi connectivity index (χ4n) is 4.96. The minimum absolute atomic E-state index is 0.000958. The predicted octanol–water partition coefficient (Wildman–Crippen LogP) is -1.49. The Morgan fingerprint density at radius 3 is 1.67 bits per heavy atom. The van der Waals surface area contributed by atoms with E-state index >= 15 is 0 Å². The molecule has 0 aliphatic rings. The Morgan fingerprint density at radius 2 is 1.13 bits per heavy atom. The van der Waals surface area contributed by atoms with E-state index in [1.165, 1.54) is 0 Å². The molecule has 0 radical (unpaired) electrons. The zero-order valence-corrected chi connectivity index (χ0v) is 28.3. The lowest BCUT2D eigenvalue weighted by molar-refractivity contribution is -0.146. The maximum absolute atomic E-state index is 13.5. The average molecular weight is 733 g/mol. The van der Waals surface area contributed by atoms with Crippen LogP contribution in [0.1, 0.15) is 23.1 Å². The van der Waals surface area contributed by atoms with E-state index < -0.39 is 93.0 Å². The van der Waals surface area contributed by atoms with Crippen molar-refractivity contribution in [3.63, 3.8) is 0 Å². The summed E-state index contributed by atoms with van der Waals surface area (Å²) in [6.45, 7) is -4.94. The molecule has 0 fully saturated rings. The first-order valence-electron chi connectivity index (χ1n) is 16.0. The number of amides is 2. The van der Waals surface area contributed by atoms with Gasteiger partial charge >= 0.3 is 29.8 Å². The van der Waals surface area contributed by atoms with Crippen LogP contribution < -0.4 is 16.5 Å². The molecule has 2 rings (SSSR count). The molecule has 19 nitrogen and oxygen atoms in total. The Bertz CT molecular complexity index is 1480. The molecule has 0 spiro atoms. The highest BCUT2D eigenvalue weighted by Crippen LogP contribution is 2.09. The lowest BCUT2D eigenvalue weighted by Gasteiger charge is -2.33. The molecule has 0 heterocycles. The summed E-state index contributed by atoms with van der Waals surface area (Å²) in [4.78, 5) is 91.3. The van der Waals surface area contributed by atoms with E-state index in [4.69, 9.17) is 20.8 Å². The van der Waals surface area contributed by atoms with Gasteiger partial charge in [0, 0.05) is 26.2 Å². The second-order valence-corrected chi connectivity index (χ2v) is 11.8. The Kier molecular flexibility index (Phi) is 18.4. The summed E-state index contributed by atoms with van der Waals surface area (Å²) in [6, 6.07) is 13.9. The number of carbonyl (C=O) groups excluding carboxylic acids is 2. The molecule has 9 N–H and O–H groups in total. The summed E-state index contributed by atoms with van der Waals surface area (Å²) in [5, 5.41) is 49.2. The molecule has 0 aliphatic heterocycles. The normalized spacial score (nSPS) is 12.3. The zero-order valence-electron chi connectivity index (χ0n) is 28.3. The van der Waals surface area contributed by atoms with Crippen LogP contribution in [-0.2, 0) is 58.0 Å². The van der Waals surface area contributed by atoms with Gasteiger partial charge in [-0.1, -0.05) is 54.6 Å². The van der Waals surface area contributed by atoms with Crippen LogP contribution in [0.3, 0.4) is 0 Å². The highest BCUT2D eigenvalue weighted by molar-refractivity contribution is 5.84. The van der Waals surface area contributed by atoms with Crippen molar-refractivity contribution in [3.05, 3.63) is 71.3 Å². The number of nitrogens with two attached hydrogens (primary N) is 1. The lowest BCUT2D eigenvalue weighted by Crippen LogP contribution is -2.56. The van der Waals surface area contributed by atoms with Gasteiger partial charge in [0.15, 0.2) is 0 Å². The van der Waals surface area contributed by atoms with Crippen LogP contribution in [0.4, 0.5) is 0 Å². The topological polar surface area (TPSA) is 290 Å². The van der Waals surface area contributed by atoms with Gasteiger partial charge in [-0.25, -0.2) is 5.48 Å². The van der Waals surface area contributed by atoms with Gasteiger partial charge in [-0.05, 0) is 29.5 Å². The molecule has 2 atom stereocenters. The van der Waals surface area contributed by atoms with Crippen LogP contribution in [0, 0.1) is 0 Å². The molecule has 0 bridgehead atoms. The second-order valence-electron chi connectivity index (χ2n) is 11.8. The molecule has 284 valence electrons. The SMILES string of the molecule is N[C@H](CCc1ccccc1)C(=O)NOCc1ccc(CNC(=O)[C@@H](CN(CCN(CC(=O)O)CC(=O)O)CC(=O)O)N(CC(=O)O)CC(=O)O)cc1. The van der Waals surface area contributed by atoms with Gasteiger partial charge in [-0.15, -0.1) is 0 Å². The van der Waals surface area contributed by atoms with Crippen LogP contribution in [0.25, 0.3) is 0 Å². The van der Waals surface area contributed by atoms with Gasteiger partial charge in [0.2, 0.25) is 5.91 Å². The van der Waals surface area contributed by atoms with Crippen LogP contribution in [0.15, 0.2) is 54.6 Å². The molecule has 0 aliphatic carbocycles. The van der Waals surface area contributed by atoms with Gasteiger partial charge in [-0.2, -0.15) is 0 Å². The molecular weight excluding hydrogens is 688 g/mol. The van der Waals surface area contributed by atoms with E-state index in [9.17, 15) is 48.9 Å². The maximum Gasteiger partial charge on any atom is 0.317 e. The fourth-order valence-corrected chi connectivity index (χ4v) is 4.96. The molecule has 19 heteroatoms. The third-order valence-electron chi connectivity index (χ3n) is 7.49. The predicted molar refractivity (Wildman–Crippen MR) is 180 cm³/mol. The smallest absolute Gasteiger partial charge is 0.317 e. The minimum atomic E-state index is -1.51. The van der Waals surface area contributed by atoms with Gasteiger partial charge in [-0.3, -0.25) is 53.1 Å². The number of rotatable bonds is 26. The first kappa shape index (κ1) is 42.7. The van der Waals surface area contributed by atoms with Crippen molar-refractivity contribution >= 4 is 41.7 Å². The Morgan fingerprint density at radius 1 is 0.635 bits per heavy atom. The van der Waals surface area contributed by atoms with Crippen molar-refractivity contribution in [3.8, 4) is 0 Å². The lowest BCUT2D eigenvalue weighted by atomic mass is 10.1. The first-order chi connectivity index (χ1) is 24.6. The number of hydrogen-bond donors (Lipinski definition) is 8. The molecule has 0 saturated carbocycles. The number of carboxylic acids is 5. The third-order valence-corrected chi connectivity index (χ3v) is 7.49. The average Bonchev–Trinajstić information content (AvgIpc) is 3.06. The van der Waals surface area contributed by atoms with Crippen LogP contribution in [0.2, 0.25) is 0 Å². The number of aryl methyl sites for hydroxylation is 1. The van der Waals surface area contributed by atoms with E-state index in [0.29, 0.717) is 24.0 Å². The first-order valence-corrected chi connectivity index (χ1v) is 16.0. The summed E-state index contributed by atoms with van der Waals surface area (Å²) in [7, 11) is 0. The summed E-state index contributed by atoms with van der Waals surface area (Å²) in [5.41, 5.74) is 10.6. The number of carboxylic acid groups (broad SMARTS) is 5. The molecule has 0 aromatic heterocycles. The highest BCUT2D eigenvalue weighted by atomic mass is 16.6. The van der Waals surface area contributed by atoms with Gasteiger partial charge in [0.25, 0.3) is 5.91 Å². The Balaban J connectivity index is 2.06. The van der Waals surface area contributed by atoms with Gasteiger partial charge in [0.05, 0.1) is 45.4 Å². The summed E-state index contributed by atoms with van der Waals surface area (Å²) < 4.78 is 0. The van der Waals surface area contributed by atoms with E-state index in [-0.39, 0.29) is 26.2 Å². The number of carbonyl (C=O) groups is 7. The third kappa shape index (κ3) is 17.5. The largest absolute Gasteiger partial charge is 0.480 e. The number of hydrogen-bond acceptors (Lipinski definition) is 12. The quantitative estimate of drug-likeness (QED) is 0.0511. The molecule has 2 aromatic carbocycles. The molecule has 52 heavy (non-hydrogen) atoms. The number of hydroxylamine groups is 1. The van der Waals surface area contributed by atoms with Crippen LogP contribution in [0.5, 0.6) is 0 Å². The number of nitrogens with one attached hydrogen (secondary N) is 2. The van der Waals surface area contributed by atoms with E-state index in [0.717, 1.165) is 20.3 Å². The molecular formula is C33H44N6O13. The van der Waals surface area contributed by atoms with E-state index in [2.05, 4.69) is 10.8 Å². The zero-order chi connectivity index (χ0) is 38.6. The minimum Gasteiger partial charge on any atom is -0.480 e. The van der Waals surface area contributed by atoms with Crippen molar-refractivity contribution in [1.29, 1.82) is 0 Å². The Labute approximate surface area is 298 Å². The number of nitrogens with zero attached hydrogens (tertiary/aromatic N) is 3. The second kappa shape index (κ2) is 22.4. The van der Waals surface area contributed by atoms with Gasteiger partial charge in [0.1, 0.15) is 6.04 Å².